The van der Waals surface area contributed by atoms with Crippen molar-refractivity contribution in [1.82, 2.24) is 4.90 Å². The molecule has 1 fully saturated rings. The summed E-state index contributed by atoms with van der Waals surface area (Å²) >= 11 is 2.50. The maximum atomic E-state index is 8.97. The summed E-state index contributed by atoms with van der Waals surface area (Å²) in [5, 5.41) is 8.97. The lowest BCUT2D eigenvalue weighted by Crippen LogP contribution is -2.40. The number of rotatable bonds is 5. The van der Waals surface area contributed by atoms with Gasteiger partial charge in [0.2, 0.25) is 0 Å². The van der Waals surface area contributed by atoms with Gasteiger partial charge in [-0.05, 0) is 54.6 Å². The first-order chi connectivity index (χ1) is 12.1. The largest absolute Gasteiger partial charge is 0.299 e. The van der Waals surface area contributed by atoms with Crippen molar-refractivity contribution in [3.63, 3.8) is 0 Å². The first-order valence-electron chi connectivity index (χ1n) is 9.08. The van der Waals surface area contributed by atoms with Crippen LogP contribution in [-0.2, 0) is 13.0 Å². The highest BCUT2D eigenvalue weighted by molar-refractivity contribution is 14.1. The fraction of sp³-hybridized carbons (Fsp3) is 0.409. The lowest BCUT2D eigenvalue weighted by molar-refractivity contribution is 0.199. The summed E-state index contributed by atoms with van der Waals surface area (Å²) in [6, 6.07) is 20.2. The fourth-order valence-electron chi connectivity index (χ4n) is 3.46. The molecule has 0 atom stereocenters. The van der Waals surface area contributed by atoms with Crippen LogP contribution in [0.2, 0.25) is 0 Å². The van der Waals surface area contributed by atoms with Gasteiger partial charge in [0, 0.05) is 16.4 Å². The Morgan fingerprint density at radius 1 is 1.04 bits per heavy atom. The molecule has 0 aromatic heterocycles. The number of nitriles is 1. The van der Waals surface area contributed by atoms with E-state index in [1.807, 2.05) is 0 Å². The van der Waals surface area contributed by atoms with E-state index in [4.69, 9.17) is 5.26 Å². The summed E-state index contributed by atoms with van der Waals surface area (Å²) in [6.07, 6.45) is 3.98. The molecule has 0 radical (unpaired) electrons. The molecule has 1 saturated heterocycles. The molecule has 1 heterocycles. The van der Waals surface area contributed by atoms with Crippen LogP contribution < -0.4 is 0 Å². The third kappa shape index (κ3) is 4.83. The van der Waals surface area contributed by atoms with Gasteiger partial charge in [0.15, 0.2) is 0 Å². The molecule has 0 unspecified atom stereocenters. The highest BCUT2D eigenvalue weighted by atomic mass is 127. The minimum atomic E-state index is 0.192. The first-order valence-corrected chi connectivity index (χ1v) is 10.2. The number of hydrogen-bond acceptors (Lipinski definition) is 2. The van der Waals surface area contributed by atoms with E-state index >= 15 is 0 Å². The Morgan fingerprint density at radius 2 is 1.76 bits per heavy atom. The highest BCUT2D eigenvalue weighted by Crippen LogP contribution is 2.35. The van der Waals surface area contributed by atoms with E-state index in [1.54, 1.807) is 0 Å². The van der Waals surface area contributed by atoms with Crippen molar-refractivity contribution in [1.29, 1.82) is 5.26 Å². The number of benzene rings is 2. The monoisotopic (exact) mass is 444 g/mol. The van der Waals surface area contributed by atoms with E-state index < -0.39 is 0 Å². The molecule has 0 N–H and O–H groups in total. The Kier molecular flexibility index (Phi) is 6.14. The Morgan fingerprint density at radius 3 is 2.40 bits per heavy atom. The third-order valence-electron chi connectivity index (χ3n) is 5.18. The second-order valence-electron chi connectivity index (χ2n) is 7.01. The number of likely N-dealkylation sites (tertiary alicyclic amines) is 1. The van der Waals surface area contributed by atoms with E-state index in [0.29, 0.717) is 6.42 Å². The van der Waals surface area contributed by atoms with Gasteiger partial charge in [-0.25, -0.2) is 0 Å². The van der Waals surface area contributed by atoms with E-state index in [1.165, 1.54) is 22.3 Å². The molecule has 25 heavy (non-hydrogen) atoms. The molecule has 1 aliphatic rings. The zero-order chi connectivity index (χ0) is 17.7. The molecule has 0 amide bonds. The Labute approximate surface area is 165 Å². The lowest BCUT2D eigenvalue weighted by Gasteiger charge is -2.36. The number of halogens is 1. The zero-order valence-corrected chi connectivity index (χ0v) is 17.0. The highest BCUT2D eigenvalue weighted by Gasteiger charge is 2.31. The smallest absolute Gasteiger partial charge is 0.0635 e. The molecule has 130 valence electrons. The lowest BCUT2D eigenvalue weighted by atomic mass is 9.93. The maximum absolute atomic E-state index is 8.97. The van der Waals surface area contributed by atoms with Crippen molar-refractivity contribution in [3.05, 3.63) is 59.7 Å². The van der Waals surface area contributed by atoms with Crippen LogP contribution in [0.4, 0.5) is 0 Å². The zero-order valence-electron chi connectivity index (χ0n) is 14.8. The Hall–Kier alpha value is -1.38. The SMILES string of the molecule is CCc1cccc(-c2ccc(CN3CCC(I)(CC#N)CC3)cc2)c1. The van der Waals surface area contributed by atoms with Gasteiger partial charge >= 0.3 is 0 Å². The molecular weight excluding hydrogens is 419 g/mol. The molecule has 1 aliphatic heterocycles. The molecule has 2 nitrogen and oxygen atoms in total. The van der Waals surface area contributed by atoms with Gasteiger partial charge in [-0.3, -0.25) is 4.90 Å². The van der Waals surface area contributed by atoms with Crippen LogP contribution in [0.5, 0.6) is 0 Å². The van der Waals surface area contributed by atoms with Gasteiger partial charge in [0.1, 0.15) is 0 Å². The van der Waals surface area contributed by atoms with E-state index in [2.05, 4.69) is 89.0 Å². The van der Waals surface area contributed by atoms with Crippen molar-refractivity contribution in [2.75, 3.05) is 13.1 Å². The number of nitrogens with zero attached hydrogens (tertiary/aromatic N) is 2. The number of alkyl halides is 1. The van der Waals surface area contributed by atoms with Crippen LogP contribution in [0.25, 0.3) is 11.1 Å². The quantitative estimate of drug-likeness (QED) is 0.444. The predicted octanol–water partition coefficient (Wildman–Crippen LogP) is 5.60. The Bertz CT molecular complexity index is 737. The van der Waals surface area contributed by atoms with Crippen molar-refractivity contribution in [2.24, 2.45) is 0 Å². The van der Waals surface area contributed by atoms with E-state index in [9.17, 15) is 0 Å². The topological polar surface area (TPSA) is 27.0 Å². The number of hydrogen-bond donors (Lipinski definition) is 0. The molecule has 2 aromatic rings. The second-order valence-corrected chi connectivity index (χ2v) is 9.30. The van der Waals surface area contributed by atoms with Gasteiger partial charge < -0.3 is 0 Å². The average Bonchev–Trinajstić information content (AvgIpc) is 2.65. The van der Waals surface area contributed by atoms with Crippen LogP contribution in [0.1, 0.15) is 37.3 Å². The molecule has 0 bridgehead atoms. The molecule has 0 aliphatic carbocycles. The molecule has 3 rings (SSSR count). The molecule has 2 aromatic carbocycles. The van der Waals surface area contributed by atoms with Gasteiger partial charge in [-0.2, -0.15) is 5.26 Å². The van der Waals surface area contributed by atoms with Crippen molar-refractivity contribution in [2.45, 2.75) is 42.6 Å². The van der Waals surface area contributed by atoms with Crippen LogP contribution in [-0.4, -0.2) is 21.4 Å². The molecule has 0 saturated carbocycles. The van der Waals surface area contributed by atoms with Crippen molar-refractivity contribution in [3.8, 4) is 17.2 Å². The number of piperidine rings is 1. The summed E-state index contributed by atoms with van der Waals surface area (Å²) < 4.78 is 0.192. The van der Waals surface area contributed by atoms with E-state index in [0.717, 1.165) is 38.9 Å². The minimum Gasteiger partial charge on any atom is -0.299 e. The fourth-order valence-corrected chi connectivity index (χ4v) is 4.11. The normalized spacial score (nSPS) is 17.2. The minimum absolute atomic E-state index is 0.192. The van der Waals surface area contributed by atoms with Crippen LogP contribution in [0.15, 0.2) is 48.5 Å². The molecular formula is C22H25IN2. The maximum Gasteiger partial charge on any atom is 0.0635 e. The summed E-state index contributed by atoms with van der Waals surface area (Å²) in [7, 11) is 0. The number of aryl methyl sites for hydroxylation is 1. The van der Waals surface area contributed by atoms with Gasteiger partial charge in [-0.15, -0.1) is 0 Å². The first kappa shape index (κ1) is 18.4. The molecule has 3 heteroatoms. The summed E-state index contributed by atoms with van der Waals surface area (Å²) in [4.78, 5) is 2.51. The summed E-state index contributed by atoms with van der Waals surface area (Å²) in [6.45, 7) is 5.38. The summed E-state index contributed by atoms with van der Waals surface area (Å²) in [5.74, 6) is 0. The van der Waals surface area contributed by atoms with Crippen molar-refractivity contribution >= 4 is 22.6 Å². The standard InChI is InChI=1S/C22H25IN2/c1-2-18-4-3-5-21(16-18)20-8-6-19(7-9-20)17-25-14-11-22(23,10-13-24)12-15-25/h3-9,16H,2,10-12,14-15,17H2,1H3. The third-order valence-corrected chi connectivity index (χ3v) is 6.64. The van der Waals surface area contributed by atoms with Crippen LogP contribution in [0, 0.1) is 11.3 Å². The van der Waals surface area contributed by atoms with Crippen LogP contribution >= 0.6 is 22.6 Å². The molecule has 0 spiro atoms. The Balaban J connectivity index is 1.61. The summed E-state index contributed by atoms with van der Waals surface area (Å²) in [5.41, 5.74) is 5.35. The van der Waals surface area contributed by atoms with Gasteiger partial charge in [0.05, 0.1) is 6.07 Å². The van der Waals surface area contributed by atoms with Crippen molar-refractivity contribution < 1.29 is 0 Å². The van der Waals surface area contributed by atoms with E-state index in [-0.39, 0.29) is 3.42 Å². The predicted molar refractivity (Wildman–Crippen MR) is 113 cm³/mol. The van der Waals surface area contributed by atoms with Crippen LogP contribution in [0.3, 0.4) is 0 Å². The van der Waals surface area contributed by atoms with Gasteiger partial charge in [-0.1, -0.05) is 78.0 Å². The van der Waals surface area contributed by atoms with Gasteiger partial charge in [0.25, 0.3) is 0 Å². The average molecular weight is 444 g/mol. The second kappa shape index (κ2) is 8.33.